The average molecular weight is 287 g/mol. The Morgan fingerprint density at radius 1 is 1.32 bits per heavy atom. The van der Waals surface area contributed by atoms with Crippen LogP contribution in [-0.4, -0.2) is 24.5 Å². The van der Waals surface area contributed by atoms with Gasteiger partial charge in [0.25, 0.3) is 0 Å². The third-order valence-electron chi connectivity index (χ3n) is 3.56. The van der Waals surface area contributed by atoms with Crippen LogP contribution in [-0.2, 0) is 0 Å². The summed E-state index contributed by atoms with van der Waals surface area (Å²) in [4.78, 5) is 2.12. The van der Waals surface area contributed by atoms with Crippen molar-refractivity contribution in [2.45, 2.75) is 39.3 Å². The lowest BCUT2D eigenvalue weighted by Crippen LogP contribution is -2.38. The first-order chi connectivity index (χ1) is 8.88. The minimum absolute atomic E-state index is 0.192. The highest BCUT2D eigenvalue weighted by Crippen LogP contribution is 2.30. The molecule has 0 aliphatic rings. The van der Waals surface area contributed by atoms with Crippen molar-refractivity contribution in [3.63, 3.8) is 0 Å². The Morgan fingerprint density at radius 2 is 1.95 bits per heavy atom. The van der Waals surface area contributed by atoms with Gasteiger partial charge in [-0.15, -0.1) is 0 Å². The second-order valence-electron chi connectivity index (χ2n) is 5.53. The number of benzene rings is 1. The predicted molar refractivity (Wildman–Crippen MR) is 79.9 cm³/mol. The molecule has 1 rings (SSSR count). The fraction of sp³-hybridized carbons (Fsp3) is 0.600. The molecule has 2 nitrogen and oxygen atoms in total. The molecule has 2 N–H and O–H groups in total. The van der Waals surface area contributed by atoms with Gasteiger partial charge in [0.15, 0.2) is 0 Å². The van der Waals surface area contributed by atoms with Gasteiger partial charge in [-0.1, -0.05) is 31.5 Å². The average Bonchev–Trinajstić information content (AvgIpc) is 2.32. The molecule has 2 atom stereocenters. The van der Waals surface area contributed by atoms with E-state index in [-0.39, 0.29) is 11.9 Å². The molecular formula is C15H24ClFN2. The zero-order valence-corrected chi connectivity index (χ0v) is 12.9. The fourth-order valence-corrected chi connectivity index (χ4v) is 2.76. The van der Waals surface area contributed by atoms with Crippen LogP contribution in [0.2, 0.25) is 5.02 Å². The van der Waals surface area contributed by atoms with E-state index < -0.39 is 0 Å². The van der Waals surface area contributed by atoms with Crippen molar-refractivity contribution in [1.29, 1.82) is 0 Å². The number of rotatable bonds is 6. The van der Waals surface area contributed by atoms with E-state index >= 15 is 0 Å². The zero-order valence-electron chi connectivity index (χ0n) is 12.2. The van der Waals surface area contributed by atoms with Gasteiger partial charge in [-0.05, 0) is 38.4 Å². The molecule has 19 heavy (non-hydrogen) atoms. The number of likely N-dealkylation sites (N-methyl/N-ethyl adjacent to an activating group) is 1. The second kappa shape index (κ2) is 7.22. The maximum atomic E-state index is 14.0. The van der Waals surface area contributed by atoms with E-state index in [9.17, 15) is 4.39 Å². The van der Waals surface area contributed by atoms with Crippen molar-refractivity contribution in [2.75, 3.05) is 13.6 Å². The third kappa shape index (κ3) is 4.16. The maximum Gasteiger partial charge on any atom is 0.129 e. The minimum Gasteiger partial charge on any atom is -0.329 e. The van der Waals surface area contributed by atoms with Crippen LogP contribution in [0.3, 0.4) is 0 Å². The summed E-state index contributed by atoms with van der Waals surface area (Å²) < 4.78 is 14.0. The van der Waals surface area contributed by atoms with E-state index in [0.29, 0.717) is 29.1 Å². The molecule has 108 valence electrons. The summed E-state index contributed by atoms with van der Waals surface area (Å²) in [7, 11) is 1.98. The van der Waals surface area contributed by atoms with Crippen molar-refractivity contribution in [3.8, 4) is 0 Å². The largest absolute Gasteiger partial charge is 0.329 e. The van der Waals surface area contributed by atoms with Gasteiger partial charge in [-0.25, -0.2) is 4.39 Å². The molecule has 0 bridgehead atoms. The molecule has 0 heterocycles. The van der Waals surface area contributed by atoms with Crippen LogP contribution in [0.4, 0.5) is 4.39 Å². The van der Waals surface area contributed by atoms with E-state index in [2.05, 4.69) is 25.7 Å². The normalized spacial score (nSPS) is 15.0. The van der Waals surface area contributed by atoms with Gasteiger partial charge in [0.2, 0.25) is 0 Å². The molecular weight excluding hydrogens is 263 g/mol. The molecule has 1 aromatic rings. The summed E-state index contributed by atoms with van der Waals surface area (Å²) in [6, 6.07) is 4.90. The van der Waals surface area contributed by atoms with Crippen molar-refractivity contribution >= 4 is 11.6 Å². The van der Waals surface area contributed by atoms with Gasteiger partial charge in [0, 0.05) is 23.2 Å². The van der Waals surface area contributed by atoms with Gasteiger partial charge in [0.05, 0.1) is 6.04 Å². The van der Waals surface area contributed by atoms with Crippen LogP contribution in [0.25, 0.3) is 0 Å². The van der Waals surface area contributed by atoms with E-state index in [1.165, 1.54) is 6.07 Å². The Morgan fingerprint density at radius 3 is 2.42 bits per heavy atom. The third-order valence-corrected chi connectivity index (χ3v) is 3.89. The van der Waals surface area contributed by atoms with E-state index in [1.807, 2.05) is 7.05 Å². The van der Waals surface area contributed by atoms with Crippen molar-refractivity contribution in [2.24, 2.45) is 11.7 Å². The number of hydrogen-bond acceptors (Lipinski definition) is 2. The highest BCUT2D eigenvalue weighted by molar-refractivity contribution is 6.31. The molecule has 0 aliphatic heterocycles. The second-order valence-corrected chi connectivity index (χ2v) is 5.94. The van der Waals surface area contributed by atoms with E-state index in [0.717, 1.165) is 6.42 Å². The summed E-state index contributed by atoms with van der Waals surface area (Å²) in [6.45, 7) is 6.84. The van der Waals surface area contributed by atoms with Crippen LogP contribution in [0.15, 0.2) is 18.2 Å². The lowest BCUT2D eigenvalue weighted by Gasteiger charge is -2.34. The molecule has 0 amide bonds. The number of nitrogens with two attached hydrogens (primary N) is 1. The Labute approximate surface area is 120 Å². The molecule has 0 fully saturated rings. The smallest absolute Gasteiger partial charge is 0.129 e. The number of nitrogens with zero attached hydrogens (tertiary/aromatic N) is 1. The SMILES string of the molecule is CC(C)CC(C)N(C)C(CN)c1c(F)cccc1Cl. The number of halogens is 2. The first-order valence-electron chi connectivity index (χ1n) is 6.74. The Balaban J connectivity index is 3.00. The molecule has 0 saturated carbocycles. The Hall–Kier alpha value is -0.640. The Bertz CT molecular complexity index is 389. The zero-order chi connectivity index (χ0) is 14.6. The van der Waals surface area contributed by atoms with E-state index in [4.69, 9.17) is 17.3 Å². The van der Waals surface area contributed by atoms with Crippen LogP contribution in [0.1, 0.15) is 38.8 Å². The highest BCUT2D eigenvalue weighted by Gasteiger charge is 2.25. The number of hydrogen-bond donors (Lipinski definition) is 1. The van der Waals surface area contributed by atoms with Crippen molar-refractivity contribution in [1.82, 2.24) is 4.90 Å². The lowest BCUT2D eigenvalue weighted by molar-refractivity contribution is 0.166. The predicted octanol–water partition coefficient (Wildman–Crippen LogP) is 3.85. The van der Waals surface area contributed by atoms with Gasteiger partial charge < -0.3 is 5.73 Å². The molecule has 0 spiro atoms. The first kappa shape index (κ1) is 16.4. The first-order valence-corrected chi connectivity index (χ1v) is 7.12. The van der Waals surface area contributed by atoms with Gasteiger partial charge >= 0.3 is 0 Å². The summed E-state index contributed by atoms with van der Waals surface area (Å²) in [5.41, 5.74) is 6.35. The van der Waals surface area contributed by atoms with Gasteiger partial charge in [-0.2, -0.15) is 0 Å². The van der Waals surface area contributed by atoms with Crippen LogP contribution < -0.4 is 5.73 Å². The van der Waals surface area contributed by atoms with Gasteiger partial charge in [-0.3, -0.25) is 4.90 Å². The standard InChI is InChI=1S/C15H24ClFN2/c1-10(2)8-11(3)19(4)14(9-18)15-12(16)6-5-7-13(15)17/h5-7,10-11,14H,8-9,18H2,1-4H3. The topological polar surface area (TPSA) is 29.3 Å². The highest BCUT2D eigenvalue weighted by atomic mass is 35.5. The fourth-order valence-electron chi connectivity index (χ4n) is 2.47. The Kier molecular flexibility index (Phi) is 6.24. The molecule has 0 aliphatic carbocycles. The molecule has 2 unspecified atom stereocenters. The maximum absolute atomic E-state index is 14.0. The molecule has 4 heteroatoms. The van der Waals surface area contributed by atoms with E-state index in [1.54, 1.807) is 12.1 Å². The quantitative estimate of drug-likeness (QED) is 0.861. The lowest BCUT2D eigenvalue weighted by atomic mass is 9.99. The molecule has 0 saturated heterocycles. The minimum atomic E-state index is -0.286. The van der Waals surface area contributed by atoms with Crippen LogP contribution in [0.5, 0.6) is 0 Å². The summed E-state index contributed by atoms with van der Waals surface area (Å²) in [5, 5.41) is 0.444. The monoisotopic (exact) mass is 286 g/mol. The van der Waals surface area contributed by atoms with Crippen molar-refractivity contribution < 1.29 is 4.39 Å². The van der Waals surface area contributed by atoms with Crippen LogP contribution in [0, 0.1) is 11.7 Å². The van der Waals surface area contributed by atoms with Crippen molar-refractivity contribution in [3.05, 3.63) is 34.6 Å². The summed E-state index contributed by atoms with van der Waals surface area (Å²) in [6.07, 6.45) is 1.04. The summed E-state index contributed by atoms with van der Waals surface area (Å²) in [5.74, 6) is 0.304. The molecule has 0 radical (unpaired) electrons. The molecule has 0 aromatic heterocycles. The van der Waals surface area contributed by atoms with Gasteiger partial charge in [0.1, 0.15) is 5.82 Å². The van der Waals surface area contributed by atoms with Crippen LogP contribution >= 0.6 is 11.6 Å². The summed E-state index contributed by atoms with van der Waals surface area (Å²) >= 11 is 6.14. The molecule has 1 aromatic carbocycles.